The SMILES string of the molecule is O=C1CC(NC(=O)CCC2CCNCC2)CN1. The van der Waals surface area contributed by atoms with Crippen molar-refractivity contribution in [2.45, 2.75) is 38.1 Å². The Balaban J connectivity index is 1.61. The molecule has 2 aliphatic heterocycles. The fourth-order valence-corrected chi connectivity index (χ4v) is 2.51. The molecule has 0 radical (unpaired) electrons. The lowest BCUT2D eigenvalue weighted by atomic mass is 9.93. The van der Waals surface area contributed by atoms with Gasteiger partial charge in [-0.05, 0) is 38.3 Å². The minimum atomic E-state index is 0.00280. The lowest BCUT2D eigenvalue weighted by molar-refractivity contribution is -0.122. The minimum Gasteiger partial charge on any atom is -0.354 e. The van der Waals surface area contributed by atoms with E-state index in [4.69, 9.17) is 0 Å². The zero-order valence-corrected chi connectivity index (χ0v) is 10.1. The fraction of sp³-hybridized carbons (Fsp3) is 0.833. The average Bonchev–Trinajstić information content (AvgIpc) is 2.73. The molecule has 2 aliphatic rings. The van der Waals surface area contributed by atoms with Gasteiger partial charge in [0.25, 0.3) is 0 Å². The highest BCUT2D eigenvalue weighted by Gasteiger charge is 2.23. The second-order valence-corrected chi connectivity index (χ2v) is 5.00. The summed E-state index contributed by atoms with van der Waals surface area (Å²) in [5, 5.41) is 8.95. The first-order valence-corrected chi connectivity index (χ1v) is 6.51. The van der Waals surface area contributed by atoms with E-state index in [1.54, 1.807) is 0 Å². The molecule has 1 atom stereocenters. The summed E-state index contributed by atoms with van der Waals surface area (Å²) in [5.41, 5.74) is 0. The molecule has 0 aromatic rings. The van der Waals surface area contributed by atoms with Crippen molar-refractivity contribution in [2.24, 2.45) is 5.92 Å². The van der Waals surface area contributed by atoms with Crippen LogP contribution in [0.4, 0.5) is 0 Å². The Hall–Kier alpha value is -1.10. The Morgan fingerprint density at radius 1 is 1.35 bits per heavy atom. The highest BCUT2D eigenvalue weighted by Crippen LogP contribution is 2.17. The van der Waals surface area contributed by atoms with E-state index in [0.717, 1.165) is 19.5 Å². The van der Waals surface area contributed by atoms with Crippen LogP contribution < -0.4 is 16.0 Å². The smallest absolute Gasteiger partial charge is 0.222 e. The number of piperidine rings is 1. The normalized spacial score (nSPS) is 25.6. The topological polar surface area (TPSA) is 70.2 Å². The lowest BCUT2D eigenvalue weighted by Crippen LogP contribution is -2.36. The Kier molecular flexibility index (Phi) is 4.36. The molecule has 2 saturated heterocycles. The van der Waals surface area contributed by atoms with Crippen LogP contribution in [0.5, 0.6) is 0 Å². The quantitative estimate of drug-likeness (QED) is 0.635. The standard InChI is InChI=1S/C12H21N3O2/c16-11(15-10-7-12(17)14-8-10)2-1-9-3-5-13-6-4-9/h9-10,13H,1-8H2,(H,14,17)(H,15,16). The maximum Gasteiger partial charge on any atom is 0.222 e. The van der Waals surface area contributed by atoms with Gasteiger partial charge in [-0.15, -0.1) is 0 Å². The summed E-state index contributed by atoms with van der Waals surface area (Å²) in [6.07, 6.45) is 4.35. The van der Waals surface area contributed by atoms with E-state index in [0.29, 0.717) is 25.3 Å². The van der Waals surface area contributed by atoms with Crippen molar-refractivity contribution in [1.82, 2.24) is 16.0 Å². The monoisotopic (exact) mass is 239 g/mol. The highest BCUT2D eigenvalue weighted by atomic mass is 16.2. The number of hydrogen-bond acceptors (Lipinski definition) is 3. The second kappa shape index (κ2) is 6.00. The van der Waals surface area contributed by atoms with Crippen molar-refractivity contribution in [3.8, 4) is 0 Å². The van der Waals surface area contributed by atoms with E-state index in [9.17, 15) is 9.59 Å². The molecule has 2 amide bonds. The van der Waals surface area contributed by atoms with E-state index in [1.165, 1.54) is 12.8 Å². The van der Waals surface area contributed by atoms with Crippen molar-refractivity contribution in [3.63, 3.8) is 0 Å². The van der Waals surface area contributed by atoms with Crippen LogP contribution in [0.15, 0.2) is 0 Å². The van der Waals surface area contributed by atoms with Gasteiger partial charge in [-0.25, -0.2) is 0 Å². The number of amides is 2. The van der Waals surface area contributed by atoms with E-state index < -0.39 is 0 Å². The van der Waals surface area contributed by atoms with Crippen molar-refractivity contribution >= 4 is 11.8 Å². The van der Waals surface area contributed by atoms with E-state index in [2.05, 4.69) is 16.0 Å². The molecule has 96 valence electrons. The fourth-order valence-electron chi connectivity index (χ4n) is 2.51. The number of rotatable bonds is 4. The molecular weight excluding hydrogens is 218 g/mol. The van der Waals surface area contributed by atoms with Crippen molar-refractivity contribution in [3.05, 3.63) is 0 Å². The lowest BCUT2D eigenvalue weighted by Gasteiger charge is -2.22. The van der Waals surface area contributed by atoms with Gasteiger partial charge < -0.3 is 16.0 Å². The summed E-state index contributed by atoms with van der Waals surface area (Å²) >= 11 is 0. The molecule has 17 heavy (non-hydrogen) atoms. The van der Waals surface area contributed by atoms with Gasteiger partial charge in [-0.2, -0.15) is 0 Å². The molecule has 2 heterocycles. The van der Waals surface area contributed by atoms with Gasteiger partial charge >= 0.3 is 0 Å². The molecule has 2 fully saturated rings. The van der Waals surface area contributed by atoms with Gasteiger partial charge in [0, 0.05) is 19.4 Å². The molecule has 1 unspecified atom stereocenters. The molecule has 0 saturated carbocycles. The largest absolute Gasteiger partial charge is 0.354 e. The van der Waals surface area contributed by atoms with Crippen LogP contribution in [-0.2, 0) is 9.59 Å². The molecule has 0 aliphatic carbocycles. The number of carbonyl (C=O) groups is 2. The molecule has 5 heteroatoms. The van der Waals surface area contributed by atoms with E-state index >= 15 is 0 Å². The molecule has 0 spiro atoms. The number of carbonyl (C=O) groups excluding carboxylic acids is 2. The zero-order valence-electron chi connectivity index (χ0n) is 10.1. The van der Waals surface area contributed by atoms with Crippen LogP contribution in [0.2, 0.25) is 0 Å². The van der Waals surface area contributed by atoms with Gasteiger partial charge in [-0.3, -0.25) is 9.59 Å². The van der Waals surface area contributed by atoms with Crippen molar-refractivity contribution in [1.29, 1.82) is 0 Å². The molecule has 3 N–H and O–H groups in total. The molecule has 0 aromatic heterocycles. The summed E-state index contributed by atoms with van der Waals surface area (Å²) in [7, 11) is 0. The second-order valence-electron chi connectivity index (χ2n) is 5.00. The summed E-state index contributed by atoms with van der Waals surface area (Å²) in [5.74, 6) is 0.809. The first kappa shape index (κ1) is 12.4. The van der Waals surface area contributed by atoms with Gasteiger partial charge in [0.05, 0.1) is 6.04 Å². The van der Waals surface area contributed by atoms with Crippen molar-refractivity contribution < 1.29 is 9.59 Å². The highest BCUT2D eigenvalue weighted by molar-refractivity contribution is 5.81. The summed E-state index contributed by atoms with van der Waals surface area (Å²) in [6.45, 7) is 2.73. The molecule has 0 bridgehead atoms. The third-order valence-corrected chi connectivity index (χ3v) is 3.58. The summed E-state index contributed by atoms with van der Waals surface area (Å²) in [6, 6.07) is 0.00280. The predicted octanol–water partition coefficient (Wildman–Crippen LogP) is -0.229. The Morgan fingerprint density at radius 2 is 2.12 bits per heavy atom. The summed E-state index contributed by atoms with van der Waals surface area (Å²) in [4.78, 5) is 22.7. The predicted molar refractivity (Wildman–Crippen MR) is 64.4 cm³/mol. The minimum absolute atomic E-state index is 0.00280. The molecule has 0 aromatic carbocycles. The van der Waals surface area contributed by atoms with Crippen LogP contribution >= 0.6 is 0 Å². The molecule has 2 rings (SSSR count). The number of nitrogens with one attached hydrogen (secondary N) is 3. The van der Waals surface area contributed by atoms with Gasteiger partial charge in [-0.1, -0.05) is 0 Å². The Labute approximate surface area is 102 Å². The van der Waals surface area contributed by atoms with Gasteiger partial charge in [0.15, 0.2) is 0 Å². The summed E-state index contributed by atoms with van der Waals surface area (Å²) < 4.78 is 0. The van der Waals surface area contributed by atoms with E-state index in [1.807, 2.05) is 0 Å². The molecule has 5 nitrogen and oxygen atoms in total. The van der Waals surface area contributed by atoms with Crippen LogP contribution in [0.25, 0.3) is 0 Å². The van der Waals surface area contributed by atoms with Crippen LogP contribution in [-0.4, -0.2) is 37.5 Å². The third kappa shape index (κ3) is 4.00. The Morgan fingerprint density at radius 3 is 2.76 bits per heavy atom. The first-order valence-electron chi connectivity index (χ1n) is 6.51. The molecular formula is C12H21N3O2. The van der Waals surface area contributed by atoms with Crippen LogP contribution in [0, 0.1) is 5.92 Å². The maximum absolute atomic E-state index is 11.7. The van der Waals surface area contributed by atoms with Crippen LogP contribution in [0.3, 0.4) is 0 Å². The van der Waals surface area contributed by atoms with Crippen molar-refractivity contribution in [2.75, 3.05) is 19.6 Å². The Bertz CT molecular complexity index is 287. The first-order chi connectivity index (χ1) is 8.24. The average molecular weight is 239 g/mol. The zero-order chi connectivity index (χ0) is 12.1. The number of hydrogen-bond donors (Lipinski definition) is 3. The van der Waals surface area contributed by atoms with Gasteiger partial charge in [0.1, 0.15) is 0 Å². The third-order valence-electron chi connectivity index (χ3n) is 3.58. The van der Waals surface area contributed by atoms with E-state index in [-0.39, 0.29) is 17.9 Å². The maximum atomic E-state index is 11.7. The van der Waals surface area contributed by atoms with Gasteiger partial charge in [0.2, 0.25) is 11.8 Å². The van der Waals surface area contributed by atoms with Crippen LogP contribution in [0.1, 0.15) is 32.1 Å².